The average molecular weight is 389 g/mol. The quantitative estimate of drug-likeness (QED) is 0.491. The summed E-state index contributed by atoms with van der Waals surface area (Å²) in [5.41, 5.74) is 5.58. The van der Waals surface area contributed by atoms with Crippen molar-refractivity contribution in [2.45, 2.75) is 13.3 Å². The summed E-state index contributed by atoms with van der Waals surface area (Å²) in [6.45, 7) is 1.74. The molecule has 0 aromatic heterocycles. The topological polar surface area (TPSA) is 70.6 Å². The Morgan fingerprint density at radius 2 is 1.62 bits per heavy atom. The van der Waals surface area contributed by atoms with E-state index < -0.39 is 11.7 Å². The molecule has 29 heavy (non-hydrogen) atoms. The molecule has 0 aliphatic rings. The summed E-state index contributed by atoms with van der Waals surface area (Å²) >= 11 is 0. The Balaban J connectivity index is 1.58. The standard InChI is InChI=1S/C23H20FN3O2/c1-16(26-27-23(29)19-8-5-9-20(24)15-19)18-10-12-21(13-11-18)25-22(28)14-17-6-3-2-4-7-17/h2-13,15H,14H2,1H3,(H,25,28)(H,27,29)/b26-16-. The van der Waals surface area contributed by atoms with Crippen LogP contribution in [0.4, 0.5) is 10.1 Å². The van der Waals surface area contributed by atoms with Gasteiger partial charge in [0, 0.05) is 11.3 Å². The number of benzene rings is 3. The lowest BCUT2D eigenvalue weighted by Gasteiger charge is -2.07. The van der Waals surface area contributed by atoms with Gasteiger partial charge in [0.15, 0.2) is 0 Å². The first-order chi connectivity index (χ1) is 14.0. The summed E-state index contributed by atoms with van der Waals surface area (Å²) in [5, 5.41) is 6.90. The van der Waals surface area contributed by atoms with Gasteiger partial charge in [-0.05, 0) is 48.4 Å². The molecule has 5 nitrogen and oxygen atoms in total. The zero-order valence-electron chi connectivity index (χ0n) is 15.9. The molecule has 146 valence electrons. The number of hydrogen-bond donors (Lipinski definition) is 2. The number of carbonyl (C=O) groups is 2. The van der Waals surface area contributed by atoms with Crippen LogP contribution in [0.1, 0.15) is 28.4 Å². The van der Waals surface area contributed by atoms with Gasteiger partial charge >= 0.3 is 0 Å². The van der Waals surface area contributed by atoms with E-state index >= 15 is 0 Å². The summed E-state index contributed by atoms with van der Waals surface area (Å²) < 4.78 is 13.2. The van der Waals surface area contributed by atoms with Gasteiger partial charge in [0.2, 0.25) is 5.91 Å². The second-order valence-corrected chi connectivity index (χ2v) is 6.44. The lowest BCUT2D eigenvalue weighted by atomic mass is 10.1. The zero-order valence-corrected chi connectivity index (χ0v) is 15.9. The number of amides is 2. The Labute approximate surface area is 168 Å². The van der Waals surface area contributed by atoms with Crippen molar-refractivity contribution in [1.29, 1.82) is 0 Å². The highest BCUT2D eigenvalue weighted by molar-refractivity contribution is 6.01. The van der Waals surface area contributed by atoms with Crippen molar-refractivity contribution >= 4 is 23.2 Å². The second kappa shape index (κ2) is 9.41. The fourth-order valence-corrected chi connectivity index (χ4v) is 2.67. The first-order valence-electron chi connectivity index (χ1n) is 9.05. The lowest BCUT2D eigenvalue weighted by Crippen LogP contribution is -2.19. The lowest BCUT2D eigenvalue weighted by molar-refractivity contribution is -0.115. The smallest absolute Gasteiger partial charge is 0.271 e. The monoisotopic (exact) mass is 389 g/mol. The summed E-state index contributed by atoms with van der Waals surface area (Å²) in [6.07, 6.45) is 0.301. The second-order valence-electron chi connectivity index (χ2n) is 6.44. The maximum absolute atomic E-state index is 13.2. The van der Waals surface area contributed by atoms with Crippen LogP contribution in [0, 0.1) is 5.82 Å². The van der Waals surface area contributed by atoms with E-state index in [0.29, 0.717) is 17.8 Å². The molecule has 0 bridgehead atoms. The van der Waals surface area contributed by atoms with Crippen LogP contribution in [-0.4, -0.2) is 17.5 Å². The minimum absolute atomic E-state index is 0.100. The molecule has 0 spiro atoms. The molecule has 2 amide bonds. The van der Waals surface area contributed by atoms with Gasteiger partial charge in [0.05, 0.1) is 12.1 Å². The van der Waals surface area contributed by atoms with Crippen LogP contribution in [0.2, 0.25) is 0 Å². The third-order valence-corrected chi connectivity index (χ3v) is 4.21. The summed E-state index contributed by atoms with van der Waals surface area (Å²) in [4.78, 5) is 24.2. The number of nitrogens with zero attached hydrogens (tertiary/aromatic N) is 1. The third kappa shape index (κ3) is 5.84. The molecule has 0 fully saturated rings. The minimum Gasteiger partial charge on any atom is -0.326 e. The highest BCUT2D eigenvalue weighted by atomic mass is 19.1. The van der Waals surface area contributed by atoms with Gasteiger partial charge in [-0.25, -0.2) is 9.82 Å². The molecule has 0 aliphatic carbocycles. The van der Waals surface area contributed by atoms with Crippen molar-refractivity contribution in [1.82, 2.24) is 5.43 Å². The maximum atomic E-state index is 13.2. The molecule has 0 unspecified atom stereocenters. The van der Waals surface area contributed by atoms with Crippen LogP contribution in [0.5, 0.6) is 0 Å². The van der Waals surface area contributed by atoms with Crippen LogP contribution < -0.4 is 10.7 Å². The fourth-order valence-electron chi connectivity index (χ4n) is 2.67. The number of halogens is 1. The number of rotatable bonds is 6. The van der Waals surface area contributed by atoms with Crippen LogP contribution in [0.25, 0.3) is 0 Å². The van der Waals surface area contributed by atoms with Crippen LogP contribution in [-0.2, 0) is 11.2 Å². The van der Waals surface area contributed by atoms with Gasteiger partial charge in [-0.15, -0.1) is 0 Å². The van der Waals surface area contributed by atoms with Crippen molar-refractivity contribution in [3.05, 3.63) is 101 Å². The molecular weight excluding hydrogens is 369 g/mol. The molecule has 0 radical (unpaired) electrons. The number of hydrazone groups is 1. The third-order valence-electron chi connectivity index (χ3n) is 4.21. The molecule has 6 heteroatoms. The van der Waals surface area contributed by atoms with Gasteiger partial charge < -0.3 is 5.32 Å². The summed E-state index contributed by atoms with van der Waals surface area (Å²) in [5.74, 6) is -1.08. The van der Waals surface area contributed by atoms with E-state index in [2.05, 4.69) is 15.8 Å². The summed E-state index contributed by atoms with van der Waals surface area (Å²) in [7, 11) is 0. The molecule has 0 saturated heterocycles. The number of nitrogens with one attached hydrogen (secondary N) is 2. The van der Waals surface area contributed by atoms with Gasteiger partial charge in [-0.2, -0.15) is 5.10 Å². The highest BCUT2D eigenvalue weighted by Gasteiger charge is 2.07. The van der Waals surface area contributed by atoms with Crippen molar-refractivity contribution in [2.75, 3.05) is 5.32 Å². The van der Waals surface area contributed by atoms with Crippen molar-refractivity contribution < 1.29 is 14.0 Å². The van der Waals surface area contributed by atoms with Crippen LogP contribution in [0.15, 0.2) is 84.0 Å². The van der Waals surface area contributed by atoms with E-state index in [9.17, 15) is 14.0 Å². The minimum atomic E-state index is -0.492. The maximum Gasteiger partial charge on any atom is 0.271 e. The van der Waals surface area contributed by atoms with Crippen LogP contribution >= 0.6 is 0 Å². The Hall–Kier alpha value is -3.80. The van der Waals surface area contributed by atoms with Crippen LogP contribution in [0.3, 0.4) is 0 Å². The van der Waals surface area contributed by atoms with E-state index in [1.54, 1.807) is 31.2 Å². The van der Waals surface area contributed by atoms with E-state index in [4.69, 9.17) is 0 Å². The Morgan fingerprint density at radius 3 is 2.31 bits per heavy atom. The van der Waals surface area contributed by atoms with Gasteiger partial charge in [-0.1, -0.05) is 48.5 Å². The van der Waals surface area contributed by atoms with E-state index in [-0.39, 0.29) is 11.5 Å². The zero-order chi connectivity index (χ0) is 20.6. The average Bonchev–Trinajstić information content (AvgIpc) is 2.73. The van der Waals surface area contributed by atoms with Gasteiger partial charge in [-0.3, -0.25) is 9.59 Å². The van der Waals surface area contributed by atoms with E-state index in [1.807, 2.05) is 30.3 Å². The Morgan fingerprint density at radius 1 is 0.897 bits per heavy atom. The predicted octanol–water partition coefficient (Wildman–Crippen LogP) is 4.16. The normalized spacial score (nSPS) is 11.0. The molecule has 2 N–H and O–H groups in total. The van der Waals surface area contributed by atoms with E-state index in [1.165, 1.54) is 18.2 Å². The van der Waals surface area contributed by atoms with Gasteiger partial charge in [0.1, 0.15) is 5.82 Å². The van der Waals surface area contributed by atoms with Gasteiger partial charge in [0.25, 0.3) is 5.91 Å². The SMILES string of the molecule is C/C(=N/NC(=O)c1cccc(F)c1)c1ccc(NC(=O)Cc2ccccc2)cc1. The molecule has 3 aromatic carbocycles. The predicted molar refractivity (Wildman–Crippen MR) is 111 cm³/mol. The Kier molecular flexibility index (Phi) is 6.47. The first kappa shape index (κ1) is 19.9. The first-order valence-corrected chi connectivity index (χ1v) is 9.05. The van der Waals surface area contributed by atoms with Crippen molar-refractivity contribution in [3.63, 3.8) is 0 Å². The molecule has 0 aliphatic heterocycles. The molecule has 3 aromatic rings. The molecule has 0 saturated carbocycles. The fraction of sp³-hybridized carbons (Fsp3) is 0.0870. The van der Waals surface area contributed by atoms with Crippen molar-refractivity contribution in [2.24, 2.45) is 5.10 Å². The number of carbonyl (C=O) groups excluding carboxylic acids is 2. The largest absolute Gasteiger partial charge is 0.326 e. The van der Waals surface area contributed by atoms with Crippen molar-refractivity contribution in [3.8, 4) is 0 Å². The molecule has 0 atom stereocenters. The Bertz CT molecular complexity index is 1030. The molecule has 0 heterocycles. The number of anilines is 1. The van der Waals surface area contributed by atoms with E-state index in [0.717, 1.165) is 17.2 Å². The molecule has 3 rings (SSSR count). The number of hydrogen-bond acceptors (Lipinski definition) is 3. The molecular formula is C23H20FN3O2. The highest BCUT2D eigenvalue weighted by Crippen LogP contribution is 2.12. The summed E-state index contributed by atoms with van der Waals surface area (Å²) in [6, 6.07) is 22.0.